The molecule has 3 aromatic rings. The van der Waals surface area contributed by atoms with Crippen molar-refractivity contribution in [1.82, 2.24) is 0 Å². The number of aryl methyl sites for hydroxylation is 2. The third kappa shape index (κ3) is 3.67. The zero-order valence-corrected chi connectivity index (χ0v) is 19.8. The molecule has 4 heteroatoms. The number of fused-ring (bicyclic) bond motifs is 3. The van der Waals surface area contributed by atoms with Crippen LogP contribution in [0.1, 0.15) is 36.5 Å². The summed E-state index contributed by atoms with van der Waals surface area (Å²) >= 11 is 1.69. The fraction of sp³-hybridized carbons (Fsp3) is 0.276. The van der Waals surface area contributed by atoms with E-state index in [2.05, 4.69) is 65.3 Å². The average Bonchev–Trinajstić information content (AvgIpc) is 3.20. The largest absolute Gasteiger partial charge is 0.371 e. The van der Waals surface area contributed by atoms with Gasteiger partial charge in [0.15, 0.2) is 5.78 Å². The maximum Gasteiger partial charge on any atom is 0.181 e. The number of hydrogen-bond donors (Lipinski definition) is 0. The van der Waals surface area contributed by atoms with E-state index in [0.717, 1.165) is 30.0 Å². The number of carbonyl (C=O) groups excluding carboxylic acids is 1. The van der Waals surface area contributed by atoms with Crippen molar-refractivity contribution in [3.8, 4) is 0 Å². The summed E-state index contributed by atoms with van der Waals surface area (Å²) in [6.07, 6.45) is 10.3. The van der Waals surface area contributed by atoms with Crippen molar-refractivity contribution in [2.75, 3.05) is 29.4 Å². The molecule has 0 aromatic heterocycles. The lowest BCUT2D eigenvalue weighted by Crippen LogP contribution is -2.34. The molecule has 166 valence electrons. The predicted molar refractivity (Wildman–Crippen MR) is 140 cm³/mol. The molecule has 0 radical (unpaired) electrons. The number of carbonyl (C=O) groups is 1. The predicted octanol–water partition coefficient (Wildman–Crippen LogP) is 6.59. The molecule has 0 fully saturated rings. The first-order valence-corrected chi connectivity index (χ1v) is 12.8. The molecular formula is C29H28N2OS. The SMILES string of the molecule is CCN1C(=CC(=O)C=Cc2cc3c4c(c2)CCCN4CCC3)Sc2ccc3ccccc3c21. The van der Waals surface area contributed by atoms with Crippen molar-refractivity contribution in [2.24, 2.45) is 0 Å². The summed E-state index contributed by atoms with van der Waals surface area (Å²) in [7, 11) is 0. The number of benzene rings is 3. The molecule has 3 aromatic carbocycles. The normalized spacial score (nSPS) is 18.3. The smallest absolute Gasteiger partial charge is 0.181 e. The lowest BCUT2D eigenvalue weighted by Gasteiger charge is -2.37. The molecule has 6 rings (SSSR count). The summed E-state index contributed by atoms with van der Waals surface area (Å²) in [6, 6.07) is 17.4. The van der Waals surface area contributed by atoms with Gasteiger partial charge in [-0.2, -0.15) is 0 Å². The van der Waals surface area contributed by atoms with E-state index in [1.54, 1.807) is 23.9 Å². The van der Waals surface area contributed by atoms with Crippen molar-refractivity contribution in [1.29, 1.82) is 0 Å². The minimum Gasteiger partial charge on any atom is -0.371 e. The number of thioether (sulfide) groups is 1. The van der Waals surface area contributed by atoms with E-state index in [1.165, 1.54) is 64.1 Å². The van der Waals surface area contributed by atoms with Gasteiger partial charge in [-0.25, -0.2) is 0 Å². The maximum absolute atomic E-state index is 12.9. The second-order valence-electron chi connectivity index (χ2n) is 9.08. The number of hydrogen-bond acceptors (Lipinski definition) is 4. The minimum absolute atomic E-state index is 0.0426. The topological polar surface area (TPSA) is 23.6 Å². The van der Waals surface area contributed by atoms with Crippen LogP contribution in [0.4, 0.5) is 11.4 Å². The number of ketones is 1. The van der Waals surface area contributed by atoms with Gasteiger partial charge in [-0.05, 0) is 79.0 Å². The van der Waals surface area contributed by atoms with E-state index in [9.17, 15) is 4.79 Å². The van der Waals surface area contributed by atoms with E-state index >= 15 is 0 Å². The lowest BCUT2D eigenvalue weighted by atomic mass is 9.90. The number of allylic oxidation sites excluding steroid dienone is 2. The Morgan fingerprint density at radius 3 is 2.52 bits per heavy atom. The Balaban J connectivity index is 1.27. The Kier molecular flexibility index (Phi) is 5.26. The van der Waals surface area contributed by atoms with Crippen LogP contribution in [0.25, 0.3) is 16.8 Å². The highest BCUT2D eigenvalue weighted by Crippen LogP contribution is 2.49. The first kappa shape index (κ1) is 20.6. The monoisotopic (exact) mass is 452 g/mol. The Hall–Kier alpha value is -2.98. The zero-order valence-electron chi connectivity index (χ0n) is 19.0. The summed E-state index contributed by atoms with van der Waals surface area (Å²) in [5.74, 6) is 0.0426. The van der Waals surface area contributed by atoms with Crippen molar-refractivity contribution >= 4 is 45.8 Å². The summed E-state index contributed by atoms with van der Waals surface area (Å²) in [4.78, 5) is 19.0. The molecule has 3 aliphatic rings. The molecule has 3 nitrogen and oxygen atoms in total. The molecule has 3 aliphatic heterocycles. The third-order valence-electron chi connectivity index (χ3n) is 6.99. The maximum atomic E-state index is 12.9. The van der Waals surface area contributed by atoms with Gasteiger partial charge in [-0.1, -0.05) is 48.2 Å². The van der Waals surface area contributed by atoms with E-state index in [4.69, 9.17) is 0 Å². The summed E-state index contributed by atoms with van der Waals surface area (Å²) in [6.45, 7) is 5.35. The molecule has 0 saturated heterocycles. The van der Waals surface area contributed by atoms with Gasteiger partial charge < -0.3 is 9.80 Å². The summed E-state index contributed by atoms with van der Waals surface area (Å²) in [5.41, 5.74) is 6.76. The van der Waals surface area contributed by atoms with E-state index < -0.39 is 0 Å². The van der Waals surface area contributed by atoms with Gasteiger partial charge >= 0.3 is 0 Å². The Labute approximate surface area is 199 Å². The van der Waals surface area contributed by atoms with Crippen LogP contribution >= 0.6 is 11.8 Å². The molecule has 3 heterocycles. The molecule has 0 N–H and O–H groups in total. The first-order chi connectivity index (χ1) is 16.2. The van der Waals surface area contributed by atoms with Gasteiger partial charge in [-0.3, -0.25) is 4.79 Å². The van der Waals surface area contributed by atoms with Crippen molar-refractivity contribution < 1.29 is 4.79 Å². The van der Waals surface area contributed by atoms with Crippen LogP contribution in [0.2, 0.25) is 0 Å². The quantitative estimate of drug-likeness (QED) is 0.416. The zero-order chi connectivity index (χ0) is 22.4. The second kappa shape index (κ2) is 8.42. The minimum atomic E-state index is 0.0426. The fourth-order valence-corrected chi connectivity index (χ4v) is 6.75. The molecule has 0 spiro atoms. The van der Waals surface area contributed by atoms with E-state index in [0.29, 0.717) is 0 Å². The van der Waals surface area contributed by atoms with Crippen LogP contribution in [0.3, 0.4) is 0 Å². The molecule has 0 bridgehead atoms. The van der Waals surface area contributed by atoms with Gasteiger partial charge in [0.2, 0.25) is 0 Å². The highest BCUT2D eigenvalue weighted by atomic mass is 32.2. The molecule has 0 amide bonds. The molecule has 33 heavy (non-hydrogen) atoms. The van der Waals surface area contributed by atoms with E-state index in [-0.39, 0.29) is 5.78 Å². The highest BCUT2D eigenvalue weighted by Gasteiger charge is 2.27. The van der Waals surface area contributed by atoms with E-state index in [1.807, 2.05) is 6.08 Å². The molecule has 0 aliphatic carbocycles. The Bertz CT molecular complexity index is 1290. The number of anilines is 2. The van der Waals surface area contributed by atoms with Crippen LogP contribution in [0.5, 0.6) is 0 Å². The van der Waals surface area contributed by atoms with Crippen LogP contribution in [0.15, 0.2) is 70.6 Å². The summed E-state index contributed by atoms with van der Waals surface area (Å²) in [5, 5.41) is 3.49. The third-order valence-corrected chi connectivity index (χ3v) is 8.09. The van der Waals surface area contributed by atoms with Crippen LogP contribution in [-0.4, -0.2) is 25.4 Å². The van der Waals surface area contributed by atoms with Gasteiger partial charge in [0.25, 0.3) is 0 Å². The fourth-order valence-electron chi connectivity index (χ4n) is 5.57. The first-order valence-electron chi connectivity index (χ1n) is 12.0. The lowest BCUT2D eigenvalue weighted by molar-refractivity contribution is -0.110. The van der Waals surface area contributed by atoms with Crippen molar-refractivity contribution in [3.05, 3.63) is 82.4 Å². The standard InChI is InChI=1S/C29H28N2OS/c1-2-31-27(33-26-14-12-21-7-3-4-10-25(21)29(26)31)19-24(32)13-11-20-17-22-8-5-15-30-16-6-9-23(18-20)28(22)30/h3-4,7,10-14,17-19H,2,5-6,8-9,15-16H2,1H3. The Morgan fingerprint density at radius 1 is 1.00 bits per heavy atom. The van der Waals surface area contributed by atoms with Crippen LogP contribution < -0.4 is 9.80 Å². The van der Waals surface area contributed by atoms with Crippen LogP contribution in [-0.2, 0) is 17.6 Å². The second-order valence-corrected chi connectivity index (χ2v) is 10.1. The number of rotatable bonds is 4. The van der Waals surface area contributed by atoms with Gasteiger partial charge in [0.05, 0.1) is 10.7 Å². The van der Waals surface area contributed by atoms with Crippen LogP contribution in [0, 0.1) is 0 Å². The Morgan fingerprint density at radius 2 is 1.76 bits per heavy atom. The van der Waals surface area contributed by atoms with Gasteiger partial charge in [-0.15, -0.1) is 0 Å². The van der Waals surface area contributed by atoms with Crippen molar-refractivity contribution in [3.63, 3.8) is 0 Å². The molecule has 0 atom stereocenters. The van der Waals surface area contributed by atoms with Crippen molar-refractivity contribution in [2.45, 2.75) is 37.5 Å². The van der Waals surface area contributed by atoms with Gasteiger partial charge in [0, 0.05) is 41.7 Å². The average molecular weight is 453 g/mol. The molecular weight excluding hydrogens is 424 g/mol. The molecule has 0 unspecified atom stereocenters. The molecule has 0 saturated carbocycles. The highest BCUT2D eigenvalue weighted by molar-refractivity contribution is 8.03. The van der Waals surface area contributed by atoms with Gasteiger partial charge in [0.1, 0.15) is 0 Å². The summed E-state index contributed by atoms with van der Waals surface area (Å²) < 4.78 is 0. The number of nitrogens with zero attached hydrogens (tertiary/aromatic N) is 2.